The van der Waals surface area contributed by atoms with Crippen LogP contribution < -0.4 is 5.73 Å². The van der Waals surface area contributed by atoms with Gasteiger partial charge in [-0.1, -0.05) is 37.3 Å². The molecule has 2 fully saturated rings. The summed E-state index contributed by atoms with van der Waals surface area (Å²) < 4.78 is 0. The maximum atomic E-state index is 6.16. The minimum Gasteiger partial charge on any atom is -0.330 e. The van der Waals surface area contributed by atoms with Gasteiger partial charge in [0.25, 0.3) is 0 Å². The highest BCUT2D eigenvalue weighted by Gasteiger charge is 2.37. The molecule has 3 nitrogen and oxygen atoms in total. The van der Waals surface area contributed by atoms with Crippen LogP contribution in [0.4, 0.5) is 0 Å². The number of hydrogen-bond acceptors (Lipinski definition) is 3. The van der Waals surface area contributed by atoms with Crippen molar-refractivity contribution in [3.05, 3.63) is 35.9 Å². The van der Waals surface area contributed by atoms with E-state index in [0.717, 1.165) is 18.6 Å². The fourth-order valence-corrected chi connectivity index (χ4v) is 4.13. The minimum atomic E-state index is 0.0589. The second-order valence-electron chi connectivity index (χ2n) is 7.21. The first-order chi connectivity index (χ1) is 10.1. The van der Waals surface area contributed by atoms with Gasteiger partial charge in [-0.05, 0) is 38.4 Å². The van der Waals surface area contributed by atoms with E-state index in [1.807, 2.05) is 0 Å². The Morgan fingerprint density at radius 2 is 1.86 bits per heavy atom. The maximum Gasteiger partial charge on any atom is 0.0223 e. The lowest BCUT2D eigenvalue weighted by Gasteiger charge is -2.36. The van der Waals surface area contributed by atoms with Crippen molar-refractivity contribution in [2.75, 3.05) is 33.2 Å². The van der Waals surface area contributed by atoms with Crippen LogP contribution in [-0.2, 0) is 5.41 Å². The molecule has 2 aliphatic rings. The van der Waals surface area contributed by atoms with Crippen molar-refractivity contribution in [2.24, 2.45) is 5.73 Å². The van der Waals surface area contributed by atoms with Crippen molar-refractivity contribution in [1.29, 1.82) is 0 Å². The molecule has 3 heteroatoms. The molecule has 1 aromatic rings. The Kier molecular flexibility index (Phi) is 4.34. The van der Waals surface area contributed by atoms with Crippen LogP contribution in [0.5, 0.6) is 0 Å². The molecule has 2 bridgehead atoms. The normalized spacial score (nSPS) is 30.0. The van der Waals surface area contributed by atoms with Crippen LogP contribution in [0.15, 0.2) is 30.3 Å². The summed E-state index contributed by atoms with van der Waals surface area (Å²) >= 11 is 0. The Morgan fingerprint density at radius 3 is 2.57 bits per heavy atom. The van der Waals surface area contributed by atoms with Crippen molar-refractivity contribution < 1.29 is 0 Å². The molecule has 3 unspecified atom stereocenters. The highest BCUT2D eigenvalue weighted by atomic mass is 15.3. The van der Waals surface area contributed by atoms with Crippen LogP contribution in [-0.4, -0.2) is 55.1 Å². The molecule has 116 valence electrons. The molecule has 0 spiro atoms. The molecule has 0 radical (unpaired) electrons. The number of nitrogens with two attached hydrogens (primary N) is 1. The molecule has 0 saturated carbocycles. The molecule has 0 aliphatic carbocycles. The summed E-state index contributed by atoms with van der Waals surface area (Å²) in [4.78, 5) is 5.27. The predicted molar refractivity (Wildman–Crippen MR) is 88.5 cm³/mol. The van der Waals surface area contributed by atoms with Gasteiger partial charge in [0.2, 0.25) is 0 Å². The number of rotatable bonds is 4. The lowest BCUT2D eigenvalue weighted by atomic mass is 9.81. The van der Waals surface area contributed by atoms with Gasteiger partial charge in [0.1, 0.15) is 0 Å². The Hall–Kier alpha value is -0.900. The van der Waals surface area contributed by atoms with Crippen molar-refractivity contribution in [3.8, 4) is 0 Å². The summed E-state index contributed by atoms with van der Waals surface area (Å²) in [5.41, 5.74) is 7.59. The molecule has 21 heavy (non-hydrogen) atoms. The van der Waals surface area contributed by atoms with E-state index in [9.17, 15) is 0 Å². The first-order valence-corrected chi connectivity index (χ1v) is 8.32. The summed E-state index contributed by atoms with van der Waals surface area (Å²) in [6.45, 7) is 6.51. The molecule has 2 N–H and O–H groups in total. The first-order valence-electron chi connectivity index (χ1n) is 8.32. The van der Waals surface area contributed by atoms with Gasteiger partial charge in [-0.3, -0.25) is 4.90 Å². The molecule has 2 heterocycles. The Balaban J connectivity index is 1.72. The summed E-state index contributed by atoms with van der Waals surface area (Å²) in [5.74, 6) is 0. The fourth-order valence-electron chi connectivity index (χ4n) is 4.13. The molecular weight excluding hydrogens is 258 g/mol. The van der Waals surface area contributed by atoms with Gasteiger partial charge in [-0.2, -0.15) is 0 Å². The maximum absolute atomic E-state index is 6.16. The topological polar surface area (TPSA) is 32.5 Å². The molecule has 3 rings (SSSR count). The van der Waals surface area contributed by atoms with Crippen LogP contribution in [0.2, 0.25) is 0 Å². The molecule has 3 atom stereocenters. The molecule has 2 aliphatic heterocycles. The van der Waals surface area contributed by atoms with Crippen LogP contribution in [0.3, 0.4) is 0 Å². The quantitative estimate of drug-likeness (QED) is 0.920. The van der Waals surface area contributed by atoms with E-state index in [1.165, 1.54) is 37.9 Å². The van der Waals surface area contributed by atoms with E-state index >= 15 is 0 Å². The number of likely N-dealkylation sites (tertiary alicyclic amines) is 1. The zero-order valence-electron chi connectivity index (χ0n) is 13.5. The summed E-state index contributed by atoms with van der Waals surface area (Å²) in [7, 11) is 2.31. The smallest absolute Gasteiger partial charge is 0.0223 e. The first kappa shape index (κ1) is 15.0. The third kappa shape index (κ3) is 3.01. The second kappa shape index (κ2) is 6.07. The van der Waals surface area contributed by atoms with Crippen molar-refractivity contribution in [3.63, 3.8) is 0 Å². The van der Waals surface area contributed by atoms with E-state index in [-0.39, 0.29) is 5.41 Å². The zero-order valence-corrected chi connectivity index (χ0v) is 13.5. The van der Waals surface area contributed by atoms with Crippen LogP contribution >= 0.6 is 0 Å². The van der Waals surface area contributed by atoms with Crippen molar-refractivity contribution >= 4 is 0 Å². The molecule has 0 aromatic heterocycles. The summed E-state index contributed by atoms with van der Waals surface area (Å²) in [6, 6.07) is 12.3. The molecule has 0 amide bonds. The SMILES string of the molecule is CN1C2CCC1CN(CC(C)(CN)c1ccccc1)CC2. The third-order valence-corrected chi connectivity index (χ3v) is 5.73. The largest absolute Gasteiger partial charge is 0.330 e. The number of likely N-dealkylation sites (N-methyl/N-ethyl adjacent to an activating group) is 1. The van der Waals surface area contributed by atoms with Gasteiger partial charge in [-0.25, -0.2) is 0 Å². The standard InChI is InChI=1S/C18H29N3/c1-18(13-19,15-6-4-3-5-7-15)14-21-11-10-16-8-9-17(12-21)20(16)2/h3-7,16-17H,8-14,19H2,1-2H3. The van der Waals surface area contributed by atoms with E-state index in [2.05, 4.69) is 54.1 Å². The van der Waals surface area contributed by atoms with E-state index in [0.29, 0.717) is 6.54 Å². The number of fused-ring (bicyclic) bond motifs is 2. The second-order valence-corrected chi connectivity index (χ2v) is 7.21. The highest BCUT2D eigenvalue weighted by Crippen LogP contribution is 2.31. The molecular formula is C18H29N3. The van der Waals surface area contributed by atoms with Gasteiger partial charge >= 0.3 is 0 Å². The zero-order chi connectivity index (χ0) is 14.9. The van der Waals surface area contributed by atoms with Crippen LogP contribution in [0, 0.1) is 0 Å². The van der Waals surface area contributed by atoms with Gasteiger partial charge < -0.3 is 10.6 Å². The monoisotopic (exact) mass is 287 g/mol. The lowest BCUT2D eigenvalue weighted by Crippen LogP contribution is -2.46. The van der Waals surface area contributed by atoms with Gasteiger partial charge in [0.05, 0.1) is 0 Å². The third-order valence-electron chi connectivity index (χ3n) is 5.73. The van der Waals surface area contributed by atoms with Gasteiger partial charge in [0, 0.05) is 37.1 Å². The number of benzene rings is 1. The number of nitrogens with zero attached hydrogens (tertiary/aromatic N) is 2. The van der Waals surface area contributed by atoms with E-state index < -0.39 is 0 Å². The van der Waals surface area contributed by atoms with E-state index in [1.54, 1.807) is 0 Å². The molecule has 2 saturated heterocycles. The average molecular weight is 287 g/mol. The Labute approximate surface area is 129 Å². The summed E-state index contributed by atoms with van der Waals surface area (Å²) in [6.07, 6.45) is 4.06. The predicted octanol–water partition coefficient (Wildman–Crippen LogP) is 2.07. The number of hydrogen-bond donors (Lipinski definition) is 1. The lowest BCUT2D eigenvalue weighted by molar-refractivity contribution is 0.189. The van der Waals surface area contributed by atoms with Crippen LogP contribution in [0.25, 0.3) is 0 Å². The highest BCUT2D eigenvalue weighted by molar-refractivity contribution is 5.25. The van der Waals surface area contributed by atoms with Gasteiger partial charge in [0.15, 0.2) is 0 Å². The molecule has 1 aromatic carbocycles. The Bertz CT molecular complexity index is 461. The van der Waals surface area contributed by atoms with Crippen LogP contribution in [0.1, 0.15) is 31.7 Å². The van der Waals surface area contributed by atoms with Gasteiger partial charge in [-0.15, -0.1) is 0 Å². The minimum absolute atomic E-state index is 0.0589. The Morgan fingerprint density at radius 1 is 1.14 bits per heavy atom. The van der Waals surface area contributed by atoms with E-state index in [4.69, 9.17) is 5.73 Å². The fraction of sp³-hybridized carbons (Fsp3) is 0.667. The van der Waals surface area contributed by atoms with Crippen molar-refractivity contribution in [2.45, 2.75) is 43.7 Å². The average Bonchev–Trinajstić information content (AvgIpc) is 2.76. The summed E-state index contributed by atoms with van der Waals surface area (Å²) in [5, 5.41) is 0. The van der Waals surface area contributed by atoms with Crippen molar-refractivity contribution in [1.82, 2.24) is 9.80 Å².